The minimum absolute atomic E-state index is 0.213. The number of hydrogen-bond donors (Lipinski definition) is 1. The van der Waals surface area contributed by atoms with Crippen molar-refractivity contribution in [3.63, 3.8) is 0 Å². The van der Waals surface area contributed by atoms with Crippen molar-refractivity contribution in [2.45, 2.75) is 51.2 Å². The molecule has 0 bridgehead atoms. The van der Waals surface area contributed by atoms with Crippen LogP contribution in [0.5, 0.6) is 5.75 Å². The monoisotopic (exact) mass is 254 g/mol. The number of halogens is 1. The molecule has 1 aromatic carbocycles. The van der Waals surface area contributed by atoms with Gasteiger partial charge in [-0.05, 0) is 31.0 Å². The number of ether oxygens (including phenoxy) is 1. The lowest BCUT2D eigenvalue weighted by molar-refractivity contribution is -0.0231. The quantitative estimate of drug-likeness (QED) is 0.880. The summed E-state index contributed by atoms with van der Waals surface area (Å²) in [6.45, 7) is 4.26. The van der Waals surface area contributed by atoms with Crippen LogP contribution in [0.4, 0.5) is 0 Å². The SMILES string of the molecule is CCCC1(CC)CC(O)c2cc(Cl)ccc2O1. The van der Waals surface area contributed by atoms with Crippen LogP contribution >= 0.6 is 11.6 Å². The van der Waals surface area contributed by atoms with Gasteiger partial charge in [0, 0.05) is 17.0 Å². The first kappa shape index (κ1) is 12.7. The molecule has 1 heterocycles. The molecule has 94 valence electrons. The van der Waals surface area contributed by atoms with Gasteiger partial charge in [-0.25, -0.2) is 0 Å². The number of hydrogen-bond acceptors (Lipinski definition) is 2. The van der Waals surface area contributed by atoms with Gasteiger partial charge in [0.1, 0.15) is 11.4 Å². The van der Waals surface area contributed by atoms with Crippen molar-refractivity contribution in [3.05, 3.63) is 28.8 Å². The Balaban J connectivity index is 2.35. The van der Waals surface area contributed by atoms with E-state index in [2.05, 4.69) is 13.8 Å². The Bertz CT molecular complexity index is 405. The van der Waals surface area contributed by atoms with E-state index in [9.17, 15) is 5.11 Å². The fourth-order valence-electron chi connectivity index (χ4n) is 2.61. The van der Waals surface area contributed by atoms with Crippen LogP contribution in [0, 0.1) is 0 Å². The van der Waals surface area contributed by atoms with Gasteiger partial charge in [-0.15, -0.1) is 0 Å². The van der Waals surface area contributed by atoms with Crippen molar-refractivity contribution < 1.29 is 9.84 Å². The Morgan fingerprint density at radius 1 is 1.47 bits per heavy atom. The van der Waals surface area contributed by atoms with Crippen molar-refractivity contribution in [1.29, 1.82) is 0 Å². The van der Waals surface area contributed by atoms with Crippen LogP contribution in [0.25, 0.3) is 0 Å². The second-order valence-corrected chi connectivity index (χ2v) is 5.23. The molecule has 0 spiro atoms. The van der Waals surface area contributed by atoms with Gasteiger partial charge in [0.2, 0.25) is 0 Å². The zero-order chi connectivity index (χ0) is 12.5. The highest BCUT2D eigenvalue weighted by molar-refractivity contribution is 6.30. The van der Waals surface area contributed by atoms with Crippen molar-refractivity contribution in [3.8, 4) is 5.75 Å². The predicted molar refractivity (Wildman–Crippen MR) is 69.6 cm³/mol. The summed E-state index contributed by atoms with van der Waals surface area (Å²) < 4.78 is 6.12. The summed E-state index contributed by atoms with van der Waals surface area (Å²) in [4.78, 5) is 0. The number of rotatable bonds is 3. The molecular weight excluding hydrogens is 236 g/mol. The lowest BCUT2D eigenvalue weighted by Gasteiger charge is -2.40. The maximum atomic E-state index is 10.2. The number of fused-ring (bicyclic) bond motifs is 1. The first-order valence-electron chi connectivity index (χ1n) is 6.27. The van der Waals surface area contributed by atoms with Gasteiger partial charge in [-0.1, -0.05) is 31.9 Å². The molecule has 0 aromatic heterocycles. The van der Waals surface area contributed by atoms with Crippen LogP contribution in [-0.4, -0.2) is 10.7 Å². The highest BCUT2D eigenvalue weighted by atomic mass is 35.5. The van der Waals surface area contributed by atoms with E-state index < -0.39 is 6.10 Å². The van der Waals surface area contributed by atoms with Crippen molar-refractivity contribution in [2.24, 2.45) is 0 Å². The summed E-state index contributed by atoms with van der Waals surface area (Å²) in [5.41, 5.74) is 0.604. The summed E-state index contributed by atoms with van der Waals surface area (Å²) in [6, 6.07) is 5.47. The number of benzene rings is 1. The first-order valence-corrected chi connectivity index (χ1v) is 6.64. The van der Waals surface area contributed by atoms with Crippen LogP contribution in [0.3, 0.4) is 0 Å². The van der Waals surface area contributed by atoms with Gasteiger partial charge >= 0.3 is 0 Å². The first-order chi connectivity index (χ1) is 8.10. The normalized spacial score (nSPS) is 27.4. The number of aliphatic hydroxyl groups excluding tert-OH is 1. The summed E-state index contributed by atoms with van der Waals surface area (Å²) in [6.07, 6.45) is 3.14. The molecule has 1 aromatic rings. The number of aliphatic hydroxyl groups is 1. The summed E-state index contributed by atoms with van der Waals surface area (Å²) in [5.74, 6) is 0.781. The average Bonchev–Trinajstić information content (AvgIpc) is 2.31. The van der Waals surface area contributed by atoms with Gasteiger partial charge in [0.05, 0.1) is 6.10 Å². The van der Waals surface area contributed by atoms with E-state index in [1.54, 1.807) is 6.07 Å². The lowest BCUT2D eigenvalue weighted by Crippen LogP contribution is -2.40. The zero-order valence-electron chi connectivity index (χ0n) is 10.4. The highest BCUT2D eigenvalue weighted by Gasteiger charge is 2.38. The second-order valence-electron chi connectivity index (χ2n) is 4.79. The molecule has 17 heavy (non-hydrogen) atoms. The van der Waals surface area contributed by atoms with Gasteiger partial charge in [-0.3, -0.25) is 0 Å². The Morgan fingerprint density at radius 2 is 2.24 bits per heavy atom. The standard InChI is InChI=1S/C14H19ClO2/c1-3-7-14(4-2)9-12(16)11-8-10(15)5-6-13(11)17-14/h5-6,8,12,16H,3-4,7,9H2,1-2H3. The Morgan fingerprint density at radius 3 is 2.88 bits per heavy atom. The van der Waals surface area contributed by atoms with Crippen LogP contribution in [0.15, 0.2) is 18.2 Å². The molecule has 1 aliphatic heterocycles. The Hall–Kier alpha value is -0.730. The molecule has 0 radical (unpaired) electrons. The fraction of sp³-hybridized carbons (Fsp3) is 0.571. The third-order valence-corrected chi connectivity index (χ3v) is 3.81. The summed E-state index contributed by atoms with van der Waals surface area (Å²) >= 11 is 5.94. The molecule has 0 aliphatic carbocycles. The molecule has 2 nitrogen and oxygen atoms in total. The van der Waals surface area contributed by atoms with E-state index in [0.29, 0.717) is 11.4 Å². The van der Waals surface area contributed by atoms with E-state index in [0.717, 1.165) is 30.6 Å². The Labute approximate surface area is 108 Å². The molecule has 0 saturated heterocycles. The van der Waals surface area contributed by atoms with Gasteiger partial charge in [0.25, 0.3) is 0 Å². The maximum absolute atomic E-state index is 10.2. The fourth-order valence-corrected chi connectivity index (χ4v) is 2.79. The molecule has 1 aliphatic rings. The molecule has 0 fully saturated rings. The summed E-state index contributed by atoms with van der Waals surface area (Å²) in [7, 11) is 0. The molecule has 2 rings (SSSR count). The molecule has 2 atom stereocenters. The zero-order valence-corrected chi connectivity index (χ0v) is 11.1. The van der Waals surface area contributed by atoms with Crippen LogP contribution in [0.2, 0.25) is 5.02 Å². The molecular formula is C14H19ClO2. The second kappa shape index (κ2) is 4.87. The lowest BCUT2D eigenvalue weighted by atomic mass is 9.83. The predicted octanol–water partition coefficient (Wildman–Crippen LogP) is 4.10. The molecule has 0 saturated carbocycles. The van der Waals surface area contributed by atoms with Gasteiger partial charge in [-0.2, -0.15) is 0 Å². The van der Waals surface area contributed by atoms with E-state index in [4.69, 9.17) is 16.3 Å². The molecule has 0 amide bonds. The average molecular weight is 255 g/mol. The van der Waals surface area contributed by atoms with Crippen molar-refractivity contribution in [1.82, 2.24) is 0 Å². The molecule has 1 N–H and O–H groups in total. The molecule has 2 unspecified atom stereocenters. The van der Waals surface area contributed by atoms with Crippen LogP contribution in [0.1, 0.15) is 51.2 Å². The van der Waals surface area contributed by atoms with E-state index >= 15 is 0 Å². The topological polar surface area (TPSA) is 29.5 Å². The van der Waals surface area contributed by atoms with Crippen LogP contribution < -0.4 is 4.74 Å². The van der Waals surface area contributed by atoms with Crippen molar-refractivity contribution in [2.75, 3.05) is 0 Å². The van der Waals surface area contributed by atoms with Crippen LogP contribution in [-0.2, 0) is 0 Å². The minimum Gasteiger partial charge on any atom is -0.487 e. The third kappa shape index (κ3) is 2.43. The minimum atomic E-state index is -0.469. The summed E-state index contributed by atoms with van der Waals surface area (Å²) in [5, 5.41) is 10.9. The van der Waals surface area contributed by atoms with E-state index in [1.165, 1.54) is 0 Å². The van der Waals surface area contributed by atoms with E-state index in [-0.39, 0.29) is 5.60 Å². The third-order valence-electron chi connectivity index (χ3n) is 3.57. The van der Waals surface area contributed by atoms with Crippen molar-refractivity contribution >= 4 is 11.6 Å². The maximum Gasteiger partial charge on any atom is 0.126 e. The smallest absolute Gasteiger partial charge is 0.126 e. The highest BCUT2D eigenvalue weighted by Crippen LogP contribution is 2.43. The largest absolute Gasteiger partial charge is 0.487 e. The van der Waals surface area contributed by atoms with Gasteiger partial charge in [0.15, 0.2) is 0 Å². The van der Waals surface area contributed by atoms with E-state index in [1.807, 2.05) is 12.1 Å². The molecule has 3 heteroatoms. The Kier molecular flexibility index (Phi) is 3.64. The van der Waals surface area contributed by atoms with Gasteiger partial charge < -0.3 is 9.84 Å².